The Kier molecular flexibility index (Phi) is 8.89. The van der Waals surface area contributed by atoms with Gasteiger partial charge in [0.15, 0.2) is 4.80 Å². The molecule has 1 heterocycles. The molecule has 0 saturated carbocycles. The third-order valence-electron chi connectivity index (χ3n) is 5.37. The van der Waals surface area contributed by atoms with Crippen molar-refractivity contribution >= 4 is 43.2 Å². The minimum Gasteiger partial charge on any atom is -0.380 e. The lowest BCUT2D eigenvalue weighted by Crippen LogP contribution is -2.27. The van der Waals surface area contributed by atoms with Gasteiger partial charge < -0.3 is 9.30 Å². The van der Waals surface area contributed by atoms with Gasteiger partial charge in [0.2, 0.25) is 10.0 Å². The molecule has 2 aromatic carbocycles. The maximum atomic E-state index is 12.9. The van der Waals surface area contributed by atoms with Crippen molar-refractivity contribution in [3.63, 3.8) is 0 Å². The molecule has 1 aromatic heterocycles. The highest BCUT2D eigenvalue weighted by Crippen LogP contribution is 2.23. The molecule has 188 valence electrons. The van der Waals surface area contributed by atoms with Crippen molar-refractivity contribution < 1.29 is 22.9 Å². The molecule has 0 aliphatic heterocycles. The van der Waals surface area contributed by atoms with Gasteiger partial charge in [0.1, 0.15) is 0 Å². The molecule has 10 nitrogen and oxygen atoms in total. The molecule has 0 atom stereocenters. The van der Waals surface area contributed by atoms with E-state index in [1.54, 1.807) is 10.6 Å². The number of hydrogen-bond donors (Lipinski definition) is 0. The van der Waals surface area contributed by atoms with Crippen molar-refractivity contribution in [1.29, 1.82) is 0 Å². The van der Waals surface area contributed by atoms with Crippen LogP contribution in [0.25, 0.3) is 10.2 Å². The lowest BCUT2D eigenvalue weighted by atomic mass is 10.2. The molecule has 0 saturated heterocycles. The number of carbonyl (C=O) groups is 1. The zero-order chi connectivity index (χ0) is 25.6. The van der Waals surface area contributed by atoms with Crippen LogP contribution in [0.15, 0.2) is 52.4 Å². The quantitative estimate of drug-likeness (QED) is 0.215. The summed E-state index contributed by atoms with van der Waals surface area (Å²) in [4.78, 5) is 28.4. The van der Waals surface area contributed by atoms with Crippen LogP contribution in [-0.2, 0) is 21.3 Å². The number of sulfonamides is 1. The van der Waals surface area contributed by atoms with Gasteiger partial charge in [-0.2, -0.15) is 4.99 Å². The van der Waals surface area contributed by atoms with Crippen molar-refractivity contribution in [2.24, 2.45) is 4.99 Å². The van der Waals surface area contributed by atoms with Crippen LogP contribution in [0.4, 0.5) is 5.69 Å². The average Bonchev–Trinajstić information content (AvgIpc) is 3.18. The van der Waals surface area contributed by atoms with Crippen molar-refractivity contribution in [1.82, 2.24) is 8.87 Å². The summed E-state index contributed by atoms with van der Waals surface area (Å²) < 4.78 is 34.6. The van der Waals surface area contributed by atoms with Crippen LogP contribution in [0, 0.1) is 10.1 Å². The Morgan fingerprint density at radius 1 is 1.20 bits per heavy atom. The number of rotatable bonds is 11. The second-order valence-electron chi connectivity index (χ2n) is 7.76. The molecular formula is C23H28N4O6S2. The predicted molar refractivity (Wildman–Crippen MR) is 134 cm³/mol. The van der Waals surface area contributed by atoms with Crippen LogP contribution in [0.5, 0.6) is 0 Å². The summed E-state index contributed by atoms with van der Waals surface area (Å²) in [6.07, 6.45) is 1.64. The maximum Gasteiger partial charge on any atom is 0.279 e. The molecule has 0 aliphatic rings. The first kappa shape index (κ1) is 26.7. The maximum absolute atomic E-state index is 12.9. The Balaban J connectivity index is 1.95. The highest BCUT2D eigenvalue weighted by molar-refractivity contribution is 7.89. The lowest BCUT2D eigenvalue weighted by Gasteiger charge is -2.16. The van der Waals surface area contributed by atoms with E-state index < -0.39 is 20.9 Å². The highest BCUT2D eigenvalue weighted by Gasteiger charge is 2.20. The SMILES string of the molecule is CCCCN(C)S(=O)(=O)c1ccc(C(=O)N=c2sc3ccc([N+](=O)[O-])cc3n2CCOCC)cc1. The summed E-state index contributed by atoms with van der Waals surface area (Å²) in [6, 6.07) is 10.2. The minimum atomic E-state index is -3.64. The molecule has 3 aromatic rings. The average molecular weight is 521 g/mol. The van der Waals surface area contributed by atoms with E-state index in [1.807, 2.05) is 13.8 Å². The van der Waals surface area contributed by atoms with Crippen molar-refractivity contribution in [3.8, 4) is 0 Å². The summed E-state index contributed by atoms with van der Waals surface area (Å²) in [5.74, 6) is -0.542. The zero-order valence-electron chi connectivity index (χ0n) is 19.8. The number of ether oxygens (including phenoxy) is 1. The van der Waals surface area contributed by atoms with Gasteiger partial charge in [0, 0.05) is 44.4 Å². The van der Waals surface area contributed by atoms with Crippen LogP contribution in [0.1, 0.15) is 37.0 Å². The Bertz CT molecular complexity index is 1380. The largest absolute Gasteiger partial charge is 0.380 e. The molecule has 0 bridgehead atoms. The van der Waals surface area contributed by atoms with E-state index in [-0.39, 0.29) is 16.1 Å². The number of nitro benzene ring substituents is 1. The summed E-state index contributed by atoms with van der Waals surface area (Å²) in [7, 11) is -2.11. The molecule has 12 heteroatoms. The normalized spacial score (nSPS) is 12.5. The number of nitrogens with zero attached hydrogens (tertiary/aromatic N) is 4. The summed E-state index contributed by atoms with van der Waals surface area (Å²) in [5, 5.41) is 11.2. The summed E-state index contributed by atoms with van der Waals surface area (Å²) >= 11 is 1.24. The number of carbonyl (C=O) groups excluding carboxylic acids is 1. The van der Waals surface area contributed by atoms with Crippen LogP contribution >= 0.6 is 11.3 Å². The fraction of sp³-hybridized carbons (Fsp3) is 0.391. The van der Waals surface area contributed by atoms with Crippen molar-refractivity contribution in [2.75, 3.05) is 26.8 Å². The summed E-state index contributed by atoms with van der Waals surface area (Å²) in [5.41, 5.74) is 0.769. The number of benzene rings is 2. The number of aromatic nitrogens is 1. The Morgan fingerprint density at radius 2 is 1.91 bits per heavy atom. The smallest absolute Gasteiger partial charge is 0.279 e. The van der Waals surface area contributed by atoms with E-state index in [1.165, 1.54) is 59.1 Å². The van der Waals surface area contributed by atoms with Crippen LogP contribution < -0.4 is 4.80 Å². The van der Waals surface area contributed by atoms with Crippen LogP contribution in [0.3, 0.4) is 0 Å². The minimum absolute atomic E-state index is 0.0564. The van der Waals surface area contributed by atoms with Gasteiger partial charge in [0.05, 0.1) is 26.6 Å². The zero-order valence-corrected chi connectivity index (χ0v) is 21.5. The van der Waals surface area contributed by atoms with E-state index in [4.69, 9.17) is 4.74 Å². The van der Waals surface area contributed by atoms with Crippen LogP contribution in [0.2, 0.25) is 0 Å². The van der Waals surface area contributed by atoms with E-state index in [0.29, 0.717) is 36.6 Å². The fourth-order valence-electron chi connectivity index (χ4n) is 3.37. The van der Waals surface area contributed by atoms with Gasteiger partial charge in [-0.1, -0.05) is 24.7 Å². The Labute approximate surface area is 207 Å². The van der Waals surface area contributed by atoms with Gasteiger partial charge in [0.25, 0.3) is 11.6 Å². The molecule has 0 spiro atoms. The second kappa shape index (κ2) is 11.7. The van der Waals surface area contributed by atoms with Crippen molar-refractivity contribution in [3.05, 3.63) is 62.9 Å². The standard InChI is InChI=1S/C23H28N4O6S2/c1-4-6-13-25(3)35(31,32)19-10-7-17(8-11-19)22(28)24-23-26(14-15-33-5-2)20-16-18(27(29)30)9-12-21(20)34-23/h7-12,16H,4-6,13-15H2,1-3H3. The van der Waals surface area contributed by atoms with E-state index in [0.717, 1.165) is 17.5 Å². The molecule has 0 radical (unpaired) electrons. The van der Waals surface area contributed by atoms with Gasteiger partial charge >= 0.3 is 0 Å². The van der Waals surface area contributed by atoms with E-state index >= 15 is 0 Å². The molecule has 1 amide bonds. The Hall–Kier alpha value is -2.93. The third-order valence-corrected chi connectivity index (χ3v) is 8.30. The van der Waals surface area contributed by atoms with Gasteiger partial charge in [-0.25, -0.2) is 12.7 Å². The molecule has 0 fully saturated rings. The van der Waals surface area contributed by atoms with Crippen molar-refractivity contribution in [2.45, 2.75) is 38.1 Å². The molecule has 0 N–H and O–H groups in total. The first-order valence-corrected chi connectivity index (χ1v) is 13.5. The predicted octanol–water partition coefficient (Wildman–Crippen LogP) is 3.81. The van der Waals surface area contributed by atoms with E-state index in [9.17, 15) is 23.3 Å². The molecule has 0 unspecified atom stereocenters. The van der Waals surface area contributed by atoms with Gasteiger partial charge in [-0.15, -0.1) is 0 Å². The highest BCUT2D eigenvalue weighted by atomic mass is 32.2. The number of nitro groups is 1. The second-order valence-corrected chi connectivity index (χ2v) is 10.8. The third kappa shape index (κ3) is 6.20. The number of hydrogen-bond acceptors (Lipinski definition) is 7. The fourth-order valence-corrected chi connectivity index (χ4v) is 5.62. The number of thiazole rings is 1. The number of fused-ring (bicyclic) bond motifs is 1. The van der Waals surface area contributed by atoms with Gasteiger partial charge in [-0.3, -0.25) is 14.9 Å². The first-order chi connectivity index (χ1) is 16.7. The number of amides is 1. The Morgan fingerprint density at radius 3 is 2.54 bits per heavy atom. The summed E-state index contributed by atoms with van der Waals surface area (Å²) in [6.45, 7) is 5.49. The first-order valence-electron chi connectivity index (χ1n) is 11.2. The molecule has 0 aliphatic carbocycles. The number of non-ortho nitro benzene ring substituents is 1. The molecule has 35 heavy (non-hydrogen) atoms. The lowest BCUT2D eigenvalue weighted by molar-refractivity contribution is -0.384. The topological polar surface area (TPSA) is 124 Å². The molecule has 3 rings (SSSR count). The monoisotopic (exact) mass is 520 g/mol. The van der Waals surface area contributed by atoms with Crippen LogP contribution in [-0.4, -0.2) is 54.9 Å². The molecular weight excluding hydrogens is 492 g/mol. The van der Waals surface area contributed by atoms with E-state index in [2.05, 4.69) is 4.99 Å². The number of unbranched alkanes of at least 4 members (excludes halogenated alkanes) is 1. The van der Waals surface area contributed by atoms with Gasteiger partial charge in [-0.05, 0) is 43.7 Å².